The smallest absolute Gasteiger partial charge is 0.269 e. The second kappa shape index (κ2) is 8.93. The van der Waals surface area contributed by atoms with E-state index in [0.29, 0.717) is 23.1 Å². The largest absolute Gasteiger partial charge is 0.467 e. The molecule has 2 saturated heterocycles. The van der Waals surface area contributed by atoms with E-state index in [1.807, 2.05) is 18.5 Å². The van der Waals surface area contributed by atoms with Crippen LogP contribution in [0.5, 0.6) is 0 Å². The zero-order valence-corrected chi connectivity index (χ0v) is 21.1. The minimum Gasteiger partial charge on any atom is -0.467 e. The topological polar surface area (TPSA) is 97.9 Å². The number of hydrogen-bond acceptors (Lipinski definition) is 7. The highest BCUT2D eigenvalue weighted by Gasteiger charge is 2.41. The molecule has 2 atom stereocenters. The fourth-order valence-corrected chi connectivity index (χ4v) is 6.26. The van der Waals surface area contributed by atoms with Crippen LogP contribution >= 0.6 is 12.2 Å². The van der Waals surface area contributed by atoms with Gasteiger partial charge in [0.05, 0.1) is 11.7 Å². The Hall–Kier alpha value is -3.82. The molecule has 2 unspecified atom stereocenters. The van der Waals surface area contributed by atoms with Crippen molar-refractivity contribution in [3.8, 4) is 11.1 Å². The summed E-state index contributed by atoms with van der Waals surface area (Å²) in [7, 11) is 0. The van der Waals surface area contributed by atoms with Crippen molar-refractivity contribution < 1.29 is 4.74 Å². The first-order chi connectivity index (χ1) is 18.1. The number of benzene rings is 1. The van der Waals surface area contributed by atoms with Crippen molar-refractivity contribution in [2.45, 2.75) is 50.4 Å². The van der Waals surface area contributed by atoms with Gasteiger partial charge in [-0.1, -0.05) is 24.3 Å². The molecule has 0 aliphatic carbocycles. The van der Waals surface area contributed by atoms with Gasteiger partial charge in [-0.25, -0.2) is 15.0 Å². The number of fused-ring (bicyclic) bond motifs is 5. The van der Waals surface area contributed by atoms with Crippen LogP contribution in [0.15, 0.2) is 67.5 Å². The highest BCUT2D eigenvalue weighted by Crippen LogP contribution is 2.38. The summed E-state index contributed by atoms with van der Waals surface area (Å²) in [5, 5.41) is 2.59. The van der Waals surface area contributed by atoms with Crippen molar-refractivity contribution >= 4 is 45.1 Å². The van der Waals surface area contributed by atoms with Crippen LogP contribution in [0, 0.1) is 0 Å². The van der Waals surface area contributed by atoms with Crippen LogP contribution in [-0.4, -0.2) is 52.8 Å². The van der Waals surface area contributed by atoms with Gasteiger partial charge in [-0.05, 0) is 61.2 Å². The summed E-state index contributed by atoms with van der Waals surface area (Å²) in [5.41, 5.74) is 11.3. The molecule has 1 aromatic carbocycles. The van der Waals surface area contributed by atoms with E-state index < -0.39 is 0 Å². The average molecular weight is 510 g/mol. The molecular formula is C28H27N7OS. The SMILES string of the molecule is Nc1cc2c(cn1)[nH]c1ncc(-c3ccc(CN4C5CCC4CC(OC(=S)n4ccnc4)C5)cc3)cc12. The van der Waals surface area contributed by atoms with E-state index in [1.165, 1.54) is 18.4 Å². The van der Waals surface area contributed by atoms with Crippen LogP contribution in [0.3, 0.4) is 0 Å². The Kier molecular flexibility index (Phi) is 5.40. The average Bonchev–Trinajstić information content (AvgIpc) is 3.62. The molecule has 7 rings (SSSR count). The fourth-order valence-electron chi connectivity index (χ4n) is 6.01. The number of anilines is 1. The van der Waals surface area contributed by atoms with Crippen molar-refractivity contribution in [1.82, 2.24) is 29.4 Å². The van der Waals surface area contributed by atoms with Crippen LogP contribution < -0.4 is 5.73 Å². The fraction of sp³-hybridized carbons (Fsp3) is 0.286. The number of rotatable bonds is 4. The molecule has 186 valence electrons. The molecule has 2 bridgehead atoms. The monoisotopic (exact) mass is 509 g/mol. The zero-order valence-electron chi connectivity index (χ0n) is 20.2. The summed E-state index contributed by atoms with van der Waals surface area (Å²) < 4.78 is 7.91. The molecule has 0 saturated carbocycles. The quantitative estimate of drug-likeness (QED) is 0.333. The molecule has 8 nitrogen and oxygen atoms in total. The molecule has 2 fully saturated rings. The van der Waals surface area contributed by atoms with Gasteiger partial charge in [-0.15, -0.1) is 0 Å². The lowest BCUT2D eigenvalue weighted by Crippen LogP contribution is -2.45. The first-order valence-electron chi connectivity index (χ1n) is 12.7. The zero-order chi connectivity index (χ0) is 24.9. The maximum atomic E-state index is 6.15. The molecule has 0 spiro atoms. The molecular weight excluding hydrogens is 482 g/mol. The summed E-state index contributed by atoms with van der Waals surface area (Å²) in [6, 6.07) is 14.0. The molecule has 3 N–H and O–H groups in total. The van der Waals surface area contributed by atoms with Gasteiger partial charge >= 0.3 is 0 Å². The van der Waals surface area contributed by atoms with Crippen molar-refractivity contribution in [1.29, 1.82) is 0 Å². The number of piperidine rings is 1. The number of nitrogens with one attached hydrogen (secondary N) is 1. The number of H-pyrrole nitrogens is 1. The highest BCUT2D eigenvalue weighted by atomic mass is 32.1. The number of pyridine rings is 2. The number of ether oxygens (including phenoxy) is 1. The second-order valence-electron chi connectivity index (χ2n) is 10.1. The van der Waals surface area contributed by atoms with E-state index in [1.54, 1.807) is 23.3 Å². The Balaban J connectivity index is 1.05. The number of aromatic amines is 1. The van der Waals surface area contributed by atoms with Crippen molar-refractivity contribution in [3.63, 3.8) is 0 Å². The third-order valence-electron chi connectivity index (χ3n) is 7.83. The first-order valence-corrected chi connectivity index (χ1v) is 13.1. The minimum absolute atomic E-state index is 0.170. The summed E-state index contributed by atoms with van der Waals surface area (Å²) in [6.45, 7) is 0.959. The van der Waals surface area contributed by atoms with Crippen LogP contribution in [0.25, 0.3) is 33.1 Å². The van der Waals surface area contributed by atoms with E-state index in [4.69, 9.17) is 22.7 Å². The Morgan fingerprint density at radius 2 is 1.84 bits per heavy atom. The summed E-state index contributed by atoms with van der Waals surface area (Å²) >= 11 is 5.46. The molecule has 4 aromatic heterocycles. The highest BCUT2D eigenvalue weighted by molar-refractivity contribution is 7.80. The molecule has 2 aliphatic rings. The van der Waals surface area contributed by atoms with Gasteiger partial charge in [0.15, 0.2) is 0 Å². The van der Waals surface area contributed by atoms with E-state index in [2.05, 4.69) is 55.2 Å². The summed E-state index contributed by atoms with van der Waals surface area (Å²) in [4.78, 5) is 18.9. The van der Waals surface area contributed by atoms with Gasteiger partial charge in [0, 0.05) is 53.6 Å². The maximum absolute atomic E-state index is 6.15. The number of imidazole rings is 1. The van der Waals surface area contributed by atoms with Crippen molar-refractivity contribution in [2.24, 2.45) is 0 Å². The van der Waals surface area contributed by atoms with E-state index in [-0.39, 0.29) is 6.10 Å². The predicted octanol–water partition coefficient (Wildman–Crippen LogP) is 4.90. The van der Waals surface area contributed by atoms with Gasteiger partial charge in [0.25, 0.3) is 5.17 Å². The van der Waals surface area contributed by atoms with Crippen molar-refractivity contribution in [3.05, 3.63) is 73.1 Å². The summed E-state index contributed by atoms with van der Waals surface area (Å²) in [5.74, 6) is 0.508. The number of hydrogen-bond donors (Lipinski definition) is 2. The van der Waals surface area contributed by atoms with Gasteiger partial charge in [0.2, 0.25) is 0 Å². The van der Waals surface area contributed by atoms with Crippen LogP contribution in [0.2, 0.25) is 0 Å². The Bertz CT molecular complexity index is 1580. The van der Waals surface area contributed by atoms with Gasteiger partial charge < -0.3 is 15.5 Å². The first kappa shape index (κ1) is 22.4. The molecule has 37 heavy (non-hydrogen) atoms. The third-order valence-corrected chi connectivity index (χ3v) is 8.14. The Morgan fingerprint density at radius 1 is 1.03 bits per heavy atom. The number of aromatic nitrogens is 5. The lowest BCUT2D eigenvalue weighted by Gasteiger charge is -2.38. The van der Waals surface area contributed by atoms with E-state index >= 15 is 0 Å². The number of nitrogens with zero attached hydrogens (tertiary/aromatic N) is 5. The molecule has 0 amide bonds. The van der Waals surface area contributed by atoms with E-state index in [9.17, 15) is 0 Å². The summed E-state index contributed by atoms with van der Waals surface area (Å²) in [6.07, 6.45) is 13.6. The van der Waals surface area contributed by atoms with E-state index in [0.717, 1.165) is 52.4 Å². The lowest BCUT2D eigenvalue weighted by molar-refractivity contribution is 0.0379. The molecule has 5 aromatic rings. The van der Waals surface area contributed by atoms with Gasteiger partial charge in [-0.3, -0.25) is 9.47 Å². The van der Waals surface area contributed by atoms with Crippen LogP contribution in [0.4, 0.5) is 5.82 Å². The normalized spacial score (nSPS) is 21.6. The van der Waals surface area contributed by atoms with Gasteiger partial charge in [0.1, 0.15) is 23.9 Å². The second-order valence-corrected chi connectivity index (χ2v) is 10.5. The Morgan fingerprint density at radius 3 is 2.59 bits per heavy atom. The molecule has 2 aliphatic heterocycles. The minimum atomic E-state index is 0.170. The lowest BCUT2D eigenvalue weighted by atomic mass is 9.98. The van der Waals surface area contributed by atoms with Crippen molar-refractivity contribution in [2.75, 3.05) is 5.73 Å². The molecule has 9 heteroatoms. The van der Waals surface area contributed by atoms with Gasteiger partial charge in [-0.2, -0.15) is 0 Å². The van der Waals surface area contributed by atoms with Crippen LogP contribution in [-0.2, 0) is 11.3 Å². The third kappa shape index (κ3) is 4.14. The Labute approximate surface area is 219 Å². The molecule has 6 heterocycles. The number of nitrogen functional groups attached to an aromatic ring is 1. The standard InChI is InChI=1S/C28H27N7OS/c29-26-12-23-24-9-19(13-32-27(24)33-25(23)14-31-26)18-3-1-17(2-4-18)15-35-20-5-6-21(35)11-22(10-20)36-28(37)34-8-7-30-16-34/h1-4,7-9,12-14,16,20-22H,5-6,10-11,15H2,(H2,29,31)(H,32,33). The number of thiocarbonyl (C=S) groups is 1. The number of nitrogens with two attached hydrogens (primary N) is 1. The van der Waals surface area contributed by atoms with Crippen LogP contribution in [0.1, 0.15) is 31.2 Å². The predicted molar refractivity (Wildman–Crippen MR) is 148 cm³/mol. The molecule has 0 radical (unpaired) electrons. The maximum Gasteiger partial charge on any atom is 0.269 e.